The van der Waals surface area contributed by atoms with Gasteiger partial charge in [-0.05, 0) is 0 Å². The van der Waals surface area contributed by atoms with Gasteiger partial charge in [0.05, 0.1) is 0 Å². The van der Waals surface area contributed by atoms with Gasteiger partial charge in [-0.1, -0.05) is 0 Å². The molecule has 0 heterocycles. The molecule has 0 aliphatic rings. The molecule has 0 atom stereocenters. The van der Waals surface area contributed by atoms with Crippen LogP contribution < -0.4 is 141 Å². The Morgan fingerprint density at radius 3 is 0.375 bits per heavy atom. The van der Waals surface area contributed by atoms with Gasteiger partial charge in [-0.3, -0.25) is 0 Å². The second kappa shape index (κ2) is 135. The van der Waals surface area contributed by atoms with E-state index in [2.05, 4.69) is 0 Å². The van der Waals surface area contributed by atoms with Gasteiger partial charge in [-0.15, -0.1) is 0 Å². The van der Waals surface area contributed by atoms with E-state index in [0.717, 1.165) is 0 Å². The van der Waals surface area contributed by atoms with Crippen molar-refractivity contribution in [3.8, 4) is 0 Å². The summed E-state index contributed by atoms with van der Waals surface area (Å²) in [4.78, 5) is 21.7. The van der Waals surface area contributed by atoms with Crippen LogP contribution in [0.5, 0.6) is 0 Å². The van der Waals surface area contributed by atoms with Crippen molar-refractivity contribution in [2.75, 3.05) is 0 Å². The maximum atomic E-state index is 7.23. The maximum absolute atomic E-state index is 7.23. The molecular weight excluding hydrogens is 235 g/mol. The SMILES string of the molecule is OP(O)O.[F-].[F-].[F-].[F-].[F-].[F-].[Li+].[Li+].[Li+].[Li+].[Li+].[Li+]. The minimum absolute atomic E-state index is 0. The predicted molar refractivity (Wildman–Crippen MR) is 13.6 cm³/mol. The van der Waals surface area contributed by atoms with E-state index in [-0.39, 0.29) is 141 Å². The van der Waals surface area contributed by atoms with Gasteiger partial charge in [0.1, 0.15) is 0 Å². The van der Waals surface area contributed by atoms with Crippen molar-refractivity contribution in [1.82, 2.24) is 0 Å². The molecule has 0 amide bonds. The minimum atomic E-state index is -2.62. The summed E-state index contributed by atoms with van der Waals surface area (Å²) in [5, 5.41) is 0. The van der Waals surface area contributed by atoms with Crippen LogP contribution >= 0.6 is 8.60 Å². The standard InChI is InChI=1S/6FH.6Li.H3O3P/c;;;;;;;;;;;;1-4(2)3/h6*1H;;;;;;;1-3H/q;;;;;;6*+1;/p-6. The molecular formula is H3F6Li6O3P. The second-order valence-electron chi connectivity index (χ2n) is 0.268. The van der Waals surface area contributed by atoms with Crippen LogP contribution in [0.3, 0.4) is 0 Å². The van der Waals surface area contributed by atoms with Crippen molar-refractivity contribution < 1.29 is 156 Å². The van der Waals surface area contributed by atoms with Crippen molar-refractivity contribution in [1.29, 1.82) is 0 Å². The molecule has 3 N–H and O–H groups in total. The summed E-state index contributed by atoms with van der Waals surface area (Å²) in [6.07, 6.45) is 0. The Hall–Kier alpha value is 3.47. The molecule has 16 heteroatoms. The zero-order chi connectivity index (χ0) is 3.58. The van der Waals surface area contributed by atoms with E-state index >= 15 is 0 Å². The van der Waals surface area contributed by atoms with Gasteiger partial charge >= 0.3 is 122 Å². The molecule has 0 saturated heterocycles. The molecule has 0 unspecified atom stereocenters. The zero-order valence-corrected chi connectivity index (χ0v) is 11.0. The Bertz CT molecular complexity index is 33.0. The number of hydrogen-bond donors (Lipinski definition) is 3. The van der Waals surface area contributed by atoms with Gasteiger partial charge in [0, 0.05) is 0 Å². The van der Waals surface area contributed by atoms with Crippen LogP contribution in [0.15, 0.2) is 0 Å². The molecule has 74 valence electrons. The third-order valence-corrected chi connectivity index (χ3v) is 0. The Balaban J connectivity index is -0.000000000682. The van der Waals surface area contributed by atoms with Gasteiger partial charge in [0.15, 0.2) is 0 Å². The first-order valence-corrected chi connectivity index (χ1v) is 1.80. The van der Waals surface area contributed by atoms with Crippen LogP contribution in [0.2, 0.25) is 0 Å². The quantitative estimate of drug-likeness (QED) is 0.223. The predicted octanol–water partition coefficient (Wildman–Crippen LogP) is -36.8. The molecule has 0 fully saturated rings. The van der Waals surface area contributed by atoms with E-state index in [1.807, 2.05) is 0 Å². The Kier molecular flexibility index (Phi) is 1330. The van der Waals surface area contributed by atoms with Gasteiger partial charge in [-0.2, -0.15) is 0 Å². The van der Waals surface area contributed by atoms with Crippen LogP contribution in [-0.4, -0.2) is 14.7 Å². The van der Waals surface area contributed by atoms with E-state index in [4.69, 9.17) is 14.7 Å². The summed E-state index contributed by atoms with van der Waals surface area (Å²) in [6.45, 7) is 0. The number of hydrogen-bond acceptors (Lipinski definition) is 3. The van der Waals surface area contributed by atoms with Gasteiger partial charge in [0.2, 0.25) is 0 Å². The maximum Gasteiger partial charge on any atom is 1.00 e. The summed E-state index contributed by atoms with van der Waals surface area (Å²) in [5.41, 5.74) is 0. The summed E-state index contributed by atoms with van der Waals surface area (Å²) in [7, 11) is -2.62. The van der Waals surface area contributed by atoms with Crippen molar-refractivity contribution in [2.45, 2.75) is 0 Å². The minimum Gasteiger partial charge on any atom is -1.00 e. The fourth-order valence-electron chi connectivity index (χ4n) is 0. The van der Waals surface area contributed by atoms with Crippen LogP contribution in [0.1, 0.15) is 0 Å². The molecule has 0 aliphatic carbocycles. The first-order chi connectivity index (χ1) is 1.73. The van der Waals surface area contributed by atoms with Crippen molar-refractivity contribution in [3.05, 3.63) is 0 Å². The van der Waals surface area contributed by atoms with Crippen LogP contribution in [0.4, 0.5) is 0 Å². The molecule has 0 rings (SSSR count). The fraction of sp³-hybridized carbons (Fsp3) is 0. The average molecular weight is 238 g/mol. The molecule has 0 aromatic rings. The molecule has 3 nitrogen and oxygen atoms in total. The van der Waals surface area contributed by atoms with Crippen molar-refractivity contribution in [2.24, 2.45) is 0 Å². The fourth-order valence-corrected chi connectivity index (χ4v) is 0. The van der Waals surface area contributed by atoms with Crippen molar-refractivity contribution >= 4 is 8.60 Å². The Labute approximate surface area is 163 Å². The van der Waals surface area contributed by atoms with E-state index in [9.17, 15) is 0 Å². The normalized spacial score (nSPS) is 2.25. The average Bonchev–Trinajstić information content (AvgIpc) is 0.811. The van der Waals surface area contributed by atoms with Crippen LogP contribution in [0.25, 0.3) is 0 Å². The smallest absolute Gasteiger partial charge is 1.00 e. The monoisotopic (exact) mass is 238 g/mol. The first kappa shape index (κ1) is 159. The molecule has 0 aromatic heterocycles. The molecule has 0 aromatic carbocycles. The van der Waals surface area contributed by atoms with E-state index in [0.29, 0.717) is 0 Å². The third kappa shape index (κ3) is 393. The van der Waals surface area contributed by atoms with E-state index in [1.165, 1.54) is 0 Å². The molecule has 0 radical (unpaired) electrons. The summed E-state index contributed by atoms with van der Waals surface area (Å²) < 4.78 is 0. The second-order valence-corrected chi connectivity index (χ2v) is 0.805. The van der Waals surface area contributed by atoms with E-state index < -0.39 is 8.60 Å². The Morgan fingerprint density at radius 2 is 0.375 bits per heavy atom. The van der Waals surface area contributed by atoms with Gasteiger partial charge in [0.25, 0.3) is 0 Å². The molecule has 0 spiro atoms. The van der Waals surface area contributed by atoms with Crippen LogP contribution in [-0.2, 0) is 0 Å². The molecule has 0 saturated carbocycles. The van der Waals surface area contributed by atoms with Gasteiger partial charge in [-0.25, -0.2) is 0 Å². The molecule has 0 aliphatic heterocycles. The van der Waals surface area contributed by atoms with Crippen LogP contribution in [0, 0.1) is 0 Å². The number of rotatable bonds is 0. The number of halogens is 6. The van der Waals surface area contributed by atoms with Crippen molar-refractivity contribution in [3.63, 3.8) is 0 Å². The summed E-state index contributed by atoms with van der Waals surface area (Å²) >= 11 is 0. The summed E-state index contributed by atoms with van der Waals surface area (Å²) in [5.74, 6) is 0. The largest absolute Gasteiger partial charge is 1.00 e. The van der Waals surface area contributed by atoms with E-state index in [1.54, 1.807) is 0 Å². The summed E-state index contributed by atoms with van der Waals surface area (Å²) in [6, 6.07) is 0. The Morgan fingerprint density at radius 1 is 0.375 bits per heavy atom. The van der Waals surface area contributed by atoms with Gasteiger partial charge < -0.3 is 42.9 Å². The zero-order valence-electron chi connectivity index (χ0n) is 10.1. The third-order valence-electron chi connectivity index (χ3n) is 0. The topological polar surface area (TPSA) is 60.7 Å². The molecule has 16 heavy (non-hydrogen) atoms. The first-order valence-electron chi connectivity index (χ1n) is 0.600. The molecule has 0 bridgehead atoms.